The molecule has 1 saturated carbocycles. The van der Waals surface area contributed by atoms with Crippen molar-refractivity contribution in [2.45, 2.75) is 38.1 Å². The number of aromatic nitrogens is 1. The van der Waals surface area contributed by atoms with Crippen LogP contribution in [-0.2, 0) is 14.3 Å². The van der Waals surface area contributed by atoms with E-state index in [0.717, 1.165) is 23.4 Å². The van der Waals surface area contributed by atoms with Crippen LogP contribution in [-0.4, -0.2) is 34.9 Å². The number of aryl methyl sites for hydroxylation is 1. The number of para-hydroxylation sites is 2. The average molecular weight is 462 g/mol. The highest BCUT2D eigenvalue weighted by atomic mass is 32.1. The Labute approximate surface area is 195 Å². The van der Waals surface area contributed by atoms with Crippen LogP contribution in [0.5, 0.6) is 0 Å². The number of fused-ring (bicyclic) bond motifs is 1. The Morgan fingerprint density at radius 2 is 1.79 bits per heavy atom. The van der Waals surface area contributed by atoms with E-state index in [1.54, 1.807) is 17.9 Å². The van der Waals surface area contributed by atoms with Crippen molar-refractivity contribution in [1.29, 1.82) is 0 Å². The molecule has 8 heteroatoms. The lowest BCUT2D eigenvalue weighted by Crippen LogP contribution is -2.61. The number of benzene rings is 2. The zero-order chi connectivity index (χ0) is 23.0. The smallest absolute Gasteiger partial charge is 0.350 e. The second-order valence-electron chi connectivity index (χ2n) is 8.31. The van der Waals surface area contributed by atoms with Gasteiger partial charge in [0, 0.05) is 5.56 Å². The Morgan fingerprint density at radius 3 is 2.55 bits per heavy atom. The Bertz CT molecular complexity index is 1230. The molecule has 1 N–H and O–H groups in total. The standard InChI is InChI=1S/C25H23N3O4S/c1-16-21(33-22(26-16)17-9-3-2-4-10-17)23(30)32-15-20(29)28-19-12-6-5-11-18(19)27-24(31)25(28)13-7-8-14-25/h2-6,9-12H,7-8,13-15H2,1H3,(H,27,31). The predicted molar refractivity (Wildman–Crippen MR) is 126 cm³/mol. The molecule has 1 aliphatic carbocycles. The summed E-state index contributed by atoms with van der Waals surface area (Å²) in [5.74, 6) is -1.17. The fourth-order valence-electron chi connectivity index (χ4n) is 4.68. The van der Waals surface area contributed by atoms with E-state index in [1.165, 1.54) is 11.3 Å². The molecule has 2 aromatic carbocycles. The van der Waals surface area contributed by atoms with Gasteiger partial charge in [-0.05, 0) is 31.9 Å². The first-order valence-electron chi connectivity index (χ1n) is 10.9. The number of ether oxygens (including phenoxy) is 1. The largest absolute Gasteiger partial charge is 0.451 e. The van der Waals surface area contributed by atoms with Crippen LogP contribution in [0.15, 0.2) is 54.6 Å². The molecule has 1 aromatic heterocycles. The summed E-state index contributed by atoms with van der Waals surface area (Å²) in [6, 6.07) is 16.8. The second kappa shape index (κ2) is 8.44. The van der Waals surface area contributed by atoms with Gasteiger partial charge >= 0.3 is 5.97 Å². The van der Waals surface area contributed by atoms with Crippen LogP contribution in [0.3, 0.4) is 0 Å². The van der Waals surface area contributed by atoms with Gasteiger partial charge in [-0.3, -0.25) is 14.5 Å². The van der Waals surface area contributed by atoms with Gasteiger partial charge < -0.3 is 10.1 Å². The molecule has 0 atom stereocenters. The van der Waals surface area contributed by atoms with Gasteiger partial charge in [-0.1, -0.05) is 55.3 Å². The molecule has 1 aliphatic heterocycles. The lowest BCUT2D eigenvalue weighted by Gasteiger charge is -2.44. The minimum atomic E-state index is -0.932. The third-order valence-corrected chi connectivity index (χ3v) is 7.44. The van der Waals surface area contributed by atoms with Gasteiger partial charge in [-0.15, -0.1) is 11.3 Å². The molecular weight excluding hydrogens is 438 g/mol. The van der Waals surface area contributed by atoms with E-state index in [9.17, 15) is 14.4 Å². The minimum Gasteiger partial charge on any atom is -0.451 e. The third-order valence-electron chi connectivity index (χ3n) is 6.25. The summed E-state index contributed by atoms with van der Waals surface area (Å²) in [4.78, 5) is 45.6. The topological polar surface area (TPSA) is 88.6 Å². The molecule has 1 fully saturated rings. The van der Waals surface area contributed by atoms with E-state index < -0.39 is 24.0 Å². The van der Waals surface area contributed by atoms with Crippen molar-refractivity contribution in [3.8, 4) is 10.6 Å². The fourth-order valence-corrected chi connectivity index (χ4v) is 5.64. The van der Waals surface area contributed by atoms with Crippen LogP contribution in [0.1, 0.15) is 41.0 Å². The summed E-state index contributed by atoms with van der Waals surface area (Å²) in [5.41, 5.74) is 1.77. The summed E-state index contributed by atoms with van der Waals surface area (Å²) < 4.78 is 5.43. The normalized spacial score (nSPS) is 16.4. The number of rotatable bonds is 4. The molecule has 0 bridgehead atoms. The van der Waals surface area contributed by atoms with Crippen LogP contribution in [0.25, 0.3) is 10.6 Å². The molecule has 2 aliphatic rings. The highest BCUT2D eigenvalue weighted by Gasteiger charge is 2.52. The first kappa shape index (κ1) is 21.3. The lowest BCUT2D eigenvalue weighted by molar-refractivity contribution is -0.129. The van der Waals surface area contributed by atoms with Gasteiger partial charge in [0.05, 0.1) is 17.1 Å². The molecule has 5 rings (SSSR count). The average Bonchev–Trinajstić information content (AvgIpc) is 3.47. The quantitative estimate of drug-likeness (QED) is 0.575. The Morgan fingerprint density at radius 1 is 1.09 bits per heavy atom. The van der Waals surface area contributed by atoms with Gasteiger partial charge in [-0.2, -0.15) is 0 Å². The zero-order valence-electron chi connectivity index (χ0n) is 18.2. The minimum absolute atomic E-state index is 0.177. The SMILES string of the molecule is Cc1nc(-c2ccccc2)sc1C(=O)OCC(=O)N1c2ccccc2NC(=O)C12CCCC2. The molecule has 33 heavy (non-hydrogen) atoms. The summed E-state index contributed by atoms with van der Waals surface area (Å²) in [6.45, 7) is 1.31. The lowest BCUT2D eigenvalue weighted by atomic mass is 9.90. The van der Waals surface area contributed by atoms with E-state index in [4.69, 9.17) is 4.74 Å². The van der Waals surface area contributed by atoms with E-state index in [-0.39, 0.29) is 5.91 Å². The maximum atomic E-state index is 13.4. The molecule has 0 saturated heterocycles. The van der Waals surface area contributed by atoms with Crippen molar-refractivity contribution < 1.29 is 19.1 Å². The van der Waals surface area contributed by atoms with Crippen molar-refractivity contribution in [2.75, 3.05) is 16.8 Å². The number of nitrogens with one attached hydrogen (secondary N) is 1. The fraction of sp³-hybridized carbons (Fsp3) is 0.280. The summed E-state index contributed by atoms with van der Waals surface area (Å²) in [7, 11) is 0. The van der Waals surface area contributed by atoms with E-state index in [1.807, 2.05) is 48.5 Å². The highest BCUT2D eigenvalue weighted by Crippen LogP contribution is 2.45. The molecule has 0 unspecified atom stereocenters. The van der Waals surface area contributed by atoms with Crippen molar-refractivity contribution in [3.63, 3.8) is 0 Å². The van der Waals surface area contributed by atoms with Gasteiger partial charge in [0.2, 0.25) is 0 Å². The van der Waals surface area contributed by atoms with E-state index in [0.29, 0.717) is 34.8 Å². The summed E-state index contributed by atoms with van der Waals surface area (Å²) in [6.07, 6.45) is 2.89. The Hall–Kier alpha value is -3.52. The summed E-state index contributed by atoms with van der Waals surface area (Å²) >= 11 is 1.24. The number of hydrogen-bond acceptors (Lipinski definition) is 6. The van der Waals surface area contributed by atoms with Gasteiger partial charge in [-0.25, -0.2) is 9.78 Å². The second-order valence-corrected chi connectivity index (χ2v) is 9.31. The van der Waals surface area contributed by atoms with Crippen molar-refractivity contribution in [2.24, 2.45) is 0 Å². The van der Waals surface area contributed by atoms with Gasteiger partial charge in [0.15, 0.2) is 6.61 Å². The monoisotopic (exact) mass is 461 g/mol. The van der Waals surface area contributed by atoms with Crippen LogP contribution < -0.4 is 10.2 Å². The van der Waals surface area contributed by atoms with Crippen LogP contribution >= 0.6 is 11.3 Å². The van der Waals surface area contributed by atoms with E-state index in [2.05, 4.69) is 10.3 Å². The number of esters is 1. The number of anilines is 2. The van der Waals surface area contributed by atoms with Crippen LogP contribution in [0.4, 0.5) is 11.4 Å². The molecule has 2 amide bonds. The molecule has 7 nitrogen and oxygen atoms in total. The number of thiazole rings is 1. The van der Waals surface area contributed by atoms with Crippen molar-refractivity contribution in [3.05, 3.63) is 65.2 Å². The molecule has 168 valence electrons. The number of carbonyl (C=O) groups is 3. The van der Waals surface area contributed by atoms with Crippen LogP contribution in [0.2, 0.25) is 0 Å². The number of hydrogen-bond donors (Lipinski definition) is 1. The zero-order valence-corrected chi connectivity index (χ0v) is 19.0. The first-order valence-corrected chi connectivity index (χ1v) is 11.7. The van der Waals surface area contributed by atoms with Gasteiger partial charge in [0.25, 0.3) is 11.8 Å². The molecule has 1 spiro atoms. The Balaban J connectivity index is 1.37. The van der Waals surface area contributed by atoms with Crippen molar-refractivity contribution in [1.82, 2.24) is 4.98 Å². The highest BCUT2D eigenvalue weighted by molar-refractivity contribution is 7.17. The number of amides is 2. The number of carbonyl (C=O) groups excluding carboxylic acids is 3. The first-order chi connectivity index (χ1) is 16.0. The maximum absolute atomic E-state index is 13.4. The predicted octanol–water partition coefficient (Wildman–Crippen LogP) is 4.57. The third kappa shape index (κ3) is 3.70. The van der Waals surface area contributed by atoms with E-state index >= 15 is 0 Å². The molecule has 2 heterocycles. The summed E-state index contributed by atoms with van der Waals surface area (Å²) in [5, 5.41) is 3.67. The van der Waals surface area contributed by atoms with Crippen molar-refractivity contribution >= 4 is 40.5 Å². The van der Waals surface area contributed by atoms with Gasteiger partial charge in [0.1, 0.15) is 15.4 Å². The molecule has 0 radical (unpaired) electrons. The molecular formula is C25H23N3O4S. The maximum Gasteiger partial charge on any atom is 0.350 e. The number of nitrogens with zero attached hydrogens (tertiary/aromatic N) is 2. The Kier molecular flexibility index (Phi) is 5.46. The van der Waals surface area contributed by atoms with Crippen LogP contribution in [0, 0.1) is 6.92 Å². The molecule has 3 aromatic rings.